The Morgan fingerprint density at radius 2 is 2.00 bits per heavy atom. The highest BCUT2D eigenvalue weighted by Gasteiger charge is 1.96. The second kappa shape index (κ2) is 11.2. The molecule has 1 aromatic carbocycles. The van der Waals surface area contributed by atoms with Crippen LogP contribution >= 0.6 is 39.9 Å². The van der Waals surface area contributed by atoms with E-state index in [9.17, 15) is 0 Å². The summed E-state index contributed by atoms with van der Waals surface area (Å²) in [5, 5.41) is 3.03. The smallest absolute Gasteiger partial charge is 0.188 e. The normalized spacial score (nSPS) is 11.1. The van der Waals surface area contributed by atoms with Crippen molar-refractivity contribution in [3.05, 3.63) is 28.7 Å². The van der Waals surface area contributed by atoms with Crippen molar-refractivity contribution in [3.63, 3.8) is 0 Å². The van der Waals surface area contributed by atoms with Crippen LogP contribution in [0.3, 0.4) is 0 Å². The number of hydrogen-bond donors (Lipinski definition) is 2. The first-order valence-corrected chi connectivity index (χ1v) is 7.29. The summed E-state index contributed by atoms with van der Waals surface area (Å²) in [6.07, 6.45) is 1.05. The molecule has 20 heavy (non-hydrogen) atoms. The third kappa shape index (κ3) is 9.41. The number of hydrogen-bond acceptors (Lipinski definition) is 2. The van der Waals surface area contributed by atoms with E-state index in [4.69, 9.17) is 10.5 Å². The van der Waals surface area contributed by atoms with E-state index in [1.165, 1.54) is 0 Å². The minimum atomic E-state index is 0. The van der Waals surface area contributed by atoms with Gasteiger partial charge in [-0.3, -0.25) is 4.99 Å². The van der Waals surface area contributed by atoms with Crippen LogP contribution in [0.4, 0.5) is 0 Å². The SMILES string of the molecule is CC(C)CCN=C(N)NCCOc1ccc(Br)cc1.I. The second-order valence-corrected chi connectivity index (χ2v) is 5.59. The van der Waals surface area contributed by atoms with Crippen molar-refractivity contribution in [1.29, 1.82) is 0 Å². The van der Waals surface area contributed by atoms with Crippen molar-refractivity contribution in [2.45, 2.75) is 20.3 Å². The van der Waals surface area contributed by atoms with E-state index >= 15 is 0 Å². The summed E-state index contributed by atoms with van der Waals surface area (Å²) in [4.78, 5) is 4.24. The van der Waals surface area contributed by atoms with Gasteiger partial charge in [0.1, 0.15) is 12.4 Å². The molecule has 0 spiro atoms. The van der Waals surface area contributed by atoms with Crippen molar-refractivity contribution in [2.24, 2.45) is 16.6 Å². The first-order valence-electron chi connectivity index (χ1n) is 6.50. The Morgan fingerprint density at radius 1 is 1.35 bits per heavy atom. The minimum absolute atomic E-state index is 0. The maximum Gasteiger partial charge on any atom is 0.188 e. The third-order valence-corrected chi connectivity index (χ3v) is 3.01. The van der Waals surface area contributed by atoms with Crippen molar-refractivity contribution in [2.75, 3.05) is 19.7 Å². The number of guanidine groups is 1. The van der Waals surface area contributed by atoms with Crippen LogP contribution in [0, 0.1) is 5.92 Å². The Balaban J connectivity index is 0.00000361. The Bertz CT molecular complexity index is 396. The van der Waals surface area contributed by atoms with Gasteiger partial charge in [0.2, 0.25) is 0 Å². The van der Waals surface area contributed by atoms with Gasteiger partial charge in [0.25, 0.3) is 0 Å². The van der Waals surface area contributed by atoms with E-state index < -0.39 is 0 Å². The number of halogens is 2. The van der Waals surface area contributed by atoms with Gasteiger partial charge in [-0.2, -0.15) is 0 Å². The summed E-state index contributed by atoms with van der Waals surface area (Å²) in [7, 11) is 0. The van der Waals surface area contributed by atoms with Gasteiger partial charge in [0.05, 0.1) is 6.54 Å². The zero-order valence-electron chi connectivity index (χ0n) is 11.9. The molecule has 0 heterocycles. The zero-order chi connectivity index (χ0) is 14.1. The minimum Gasteiger partial charge on any atom is -0.492 e. The van der Waals surface area contributed by atoms with Crippen LogP contribution in [0.1, 0.15) is 20.3 Å². The molecule has 0 saturated heterocycles. The highest BCUT2D eigenvalue weighted by atomic mass is 127. The highest BCUT2D eigenvalue weighted by Crippen LogP contribution is 2.15. The van der Waals surface area contributed by atoms with Crippen molar-refractivity contribution >= 4 is 45.9 Å². The fourth-order valence-electron chi connectivity index (χ4n) is 1.38. The molecule has 0 bridgehead atoms. The van der Waals surface area contributed by atoms with Gasteiger partial charge in [-0.05, 0) is 36.6 Å². The Labute approximate surface area is 146 Å². The molecule has 1 rings (SSSR count). The van der Waals surface area contributed by atoms with E-state index in [2.05, 4.69) is 40.1 Å². The summed E-state index contributed by atoms with van der Waals surface area (Å²) in [6.45, 7) is 6.32. The van der Waals surface area contributed by atoms with Gasteiger partial charge < -0.3 is 15.8 Å². The number of rotatable bonds is 7. The van der Waals surface area contributed by atoms with Gasteiger partial charge in [0, 0.05) is 11.0 Å². The number of benzene rings is 1. The predicted molar refractivity (Wildman–Crippen MR) is 99.0 cm³/mol. The van der Waals surface area contributed by atoms with Gasteiger partial charge in [-0.1, -0.05) is 29.8 Å². The second-order valence-electron chi connectivity index (χ2n) is 4.68. The molecular formula is C14H23BrIN3O. The maximum atomic E-state index is 5.74. The average Bonchev–Trinajstić information content (AvgIpc) is 2.36. The lowest BCUT2D eigenvalue weighted by Crippen LogP contribution is -2.34. The van der Waals surface area contributed by atoms with Crippen LogP contribution in [0.15, 0.2) is 33.7 Å². The summed E-state index contributed by atoms with van der Waals surface area (Å²) in [6, 6.07) is 7.74. The molecule has 3 N–H and O–H groups in total. The van der Waals surface area contributed by atoms with Gasteiger partial charge in [-0.25, -0.2) is 0 Å². The molecule has 0 radical (unpaired) electrons. The molecule has 0 aliphatic rings. The molecule has 0 atom stereocenters. The lowest BCUT2D eigenvalue weighted by Gasteiger charge is -2.08. The van der Waals surface area contributed by atoms with E-state index in [0.29, 0.717) is 25.0 Å². The first-order chi connectivity index (χ1) is 9.08. The Morgan fingerprint density at radius 3 is 2.60 bits per heavy atom. The topological polar surface area (TPSA) is 59.6 Å². The van der Waals surface area contributed by atoms with E-state index in [1.807, 2.05) is 24.3 Å². The fraction of sp³-hybridized carbons (Fsp3) is 0.500. The number of nitrogens with two attached hydrogens (primary N) is 1. The Hall–Kier alpha value is -0.500. The monoisotopic (exact) mass is 455 g/mol. The molecule has 114 valence electrons. The molecule has 6 heteroatoms. The lowest BCUT2D eigenvalue weighted by atomic mass is 10.1. The summed E-state index contributed by atoms with van der Waals surface area (Å²) in [5.74, 6) is 1.98. The molecule has 4 nitrogen and oxygen atoms in total. The standard InChI is InChI=1S/C14H22BrN3O.HI/c1-11(2)7-8-17-14(16)18-9-10-19-13-5-3-12(15)4-6-13;/h3-6,11H,7-10H2,1-2H3,(H3,16,17,18);1H. The molecular weight excluding hydrogens is 433 g/mol. The molecule has 0 aromatic heterocycles. The molecule has 0 unspecified atom stereocenters. The quantitative estimate of drug-likeness (QED) is 0.286. The summed E-state index contributed by atoms with van der Waals surface area (Å²) >= 11 is 3.38. The Kier molecular flexibility index (Phi) is 10.9. The van der Waals surface area contributed by atoms with Crippen molar-refractivity contribution < 1.29 is 4.74 Å². The van der Waals surface area contributed by atoms with E-state index in [-0.39, 0.29) is 24.0 Å². The molecule has 0 saturated carbocycles. The summed E-state index contributed by atoms with van der Waals surface area (Å²) in [5.41, 5.74) is 5.74. The van der Waals surface area contributed by atoms with E-state index in [1.54, 1.807) is 0 Å². The van der Waals surface area contributed by atoms with Crippen LogP contribution in [-0.4, -0.2) is 25.7 Å². The van der Waals surface area contributed by atoms with Gasteiger partial charge in [0.15, 0.2) is 5.96 Å². The van der Waals surface area contributed by atoms with Gasteiger partial charge in [-0.15, -0.1) is 24.0 Å². The largest absolute Gasteiger partial charge is 0.492 e. The molecule has 0 amide bonds. The first kappa shape index (κ1) is 19.5. The number of ether oxygens (including phenoxy) is 1. The number of aliphatic imine (C=N–C) groups is 1. The summed E-state index contributed by atoms with van der Waals surface area (Å²) < 4.78 is 6.60. The third-order valence-electron chi connectivity index (χ3n) is 2.48. The number of nitrogens with zero attached hydrogens (tertiary/aromatic N) is 1. The van der Waals surface area contributed by atoms with Crippen LogP contribution in [0.5, 0.6) is 5.75 Å². The number of nitrogens with one attached hydrogen (secondary N) is 1. The van der Waals surface area contributed by atoms with Crippen molar-refractivity contribution in [3.8, 4) is 5.75 Å². The van der Waals surface area contributed by atoms with Crippen LogP contribution in [0.25, 0.3) is 0 Å². The predicted octanol–water partition coefficient (Wildman–Crippen LogP) is 3.40. The van der Waals surface area contributed by atoms with Crippen LogP contribution < -0.4 is 15.8 Å². The van der Waals surface area contributed by atoms with Gasteiger partial charge >= 0.3 is 0 Å². The lowest BCUT2D eigenvalue weighted by molar-refractivity contribution is 0.322. The van der Waals surface area contributed by atoms with Crippen molar-refractivity contribution in [1.82, 2.24) is 5.32 Å². The zero-order valence-corrected chi connectivity index (χ0v) is 15.9. The fourth-order valence-corrected chi connectivity index (χ4v) is 1.64. The highest BCUT2D eigenvalue weighted by molar-refractivity contribution is 14.0. The molecule has 0 aliphatic carbocycles. The molecule has 1 aromatic rings. The van der Waals surface area contributed by atoms with Crippen LogP contribution in [-0.2, 0) is 0 Å². The molecule has 0 aliphatic heterocycles. The van der Waals surface area contributed by atoms with Crippen LogP contribution in [0.2, 0.25) is 0 Å². The maximum absolute atomic E-state index is 5.74. The molecule has 0 fully saturated rings. The average molecular weight is 456 g/mol. The van der Waals surface area contributed by atoms with E-state index in [0.717, 1.165) is 23.2 Å².